The minimum absolute atomic E-state index is 0.136. The molecule has 0 saturated heterocycles. The Bertz CT molecular complexity index is 530. The fourth-order valence-corrected chi connectivity index (χ4v) is 2.70. The molecule has 1 atom stereocenters. The number of sulfonamides is 1. The second-order valence-corrected chi connectivity index (χ2v) is 5.19. The Labute approximate surface area is 106 Å². The normalized spacial score (nSPS) is 12.8. The van der Waals surface area contributed by atoms with E-state index in [1.807, 2.05) is 0 Å². The smallest absolute Gasteiger partial charge is 0.260 e. The lowest BCUT2D eigenvalue weighted by Crippen LogP contribution is -2.43. The first-order valence-electron chi connectivity index (χ1n) is 5.29. The van der Waals surface area contributed by atoms with Crippen molar-refractivity contribution >= 4 is 21.6 Å². The Morgan fingerprint density at radius 1 is 1.39 bits per heavy atom. The van der Waals surface area contributed by atoms with E-state index in [1.54, 1.807) is 19.2 Å². The molecule has 0 aliphatic rings. The number of carbonyl (C=O) groups is 1. The molecule has 0 saturated carbocycles. The monoisotopic (exact) mass is 272 g/mol. The molecular formula is C10H16N4O3S. The highest BCUT2D eigenvalue weighted by molar-refractivity contribution is 7.89. The third-order valence-corrected chi connectivity index (χ3v) is 3.76. The van der Waals surface area contributed by atoms with Crippen LogP contribution in [0.4, 0.5) is 5.69 Å². The highest BCUT2D eigenvalue weighted by atomic mass is 32.2. The fraction of sp³-hybridized carbons (Fsp3) is 0.400. The lowest BCUT2D eigenvalue weighted by Gasteiger charge is -2.14. The van der Waals surface area contributed by atoms with Crippen molar-refractivity contribution in [1.29, 1.82) is 0 Å². The van der Waals surface area contributed by atoms with E-state index in [-0.39, 0.29) is 5.03 Å². The minimum Gasteiger partial charge on any atom is -0.386 e. The molecule has 0 bridgehead atoms. The number of amides is 1. The SMILES string of the molecule is CNC(=O)C(C)NS(=O)(=O)c1ncccc1NC. The highest BCUT2D eigenvalue weighted by Gasteiger charge is 2.24. The van der Waals surface area contributed by atoms with Gasteiger partial charge in [0.05, 0.1) is 11.7 Å². The van der Waals surface area contributed by atoms with E-state index in [9.17, 15) is 13.2 Å². The summed E-state index contributed by atoms with van der Waals surface area (Å²) >= 11 is 0. The third kappa shape index (κ3) is 3.17. The number of likely N-dealkylation sites (N-methyl/N-ethyl adjacent to an activating group) is 1. The molecule has 100 valence electrons. The number of carbonyl (C=O) groups excluding carboxylic acids is 1. The van der Waals surface area contributed by atoms with Gasteiger partial charge in [-0.15, -0.1) is 0 Å². The maximum atomic E-state index is 12.0. The molecule has 8 heteroatoms. The van der Waals surface area contributed by atoms with Gasteiger partial charge in [0.1, 0.15) is 0 Å². The first kappa shape index (κ1) is 14.4. The summed E-state index contributed by atoms with van der Waals surface area (Å²) in [6.07, 6.45) is 1.37. The number of pyridine rings is 1. The van der Waals surface area contributed by atoms with Crippen LogP contribution in [0.25, 0.3) is 0 Å². The van der Waals surface area contributed by atoms with Crippen molar-refractivity contribution in [3.63, 3.8) is 0 Å². The molecule has 18 heavy (non-hydrogen) atoms. The van der Waals surface area contributed by atoms with E-state index in [2.05, 4.69) is 20.3 Å². The predicted octanol–water partition coefficient (Wildman–Crippen LogP) is -0.464. The average Bonchev–Trinajstić information content (AvgIpc) is 2.37. The number of hydrogen-bond donors (Lipinski definition) is 3. The molecule has 7 nitrogen and oxygen atoms in total. The second kappa shape index (κ2) is 5.78. The van der Waals surface area contributed by atoms with E-state index < -0.39 is 22.0 Å². The van der Waals surface area contributed by atoms with Gasteiger partial charge in [-0.1, -0.05) is 0 Å². The zero-order valence-electron chi connectivity index (χ0n) is 10.4. The minimum atomic E-state index is -3.84. The van der Waals surface area contributed by atoms with Gasteiger partial charge in [0, 0.05) is 20.3 Å². The molecule has 1 aromatic rings. The summed E-state index contributed by atoms with van der Waals surface area (Å²) in [5.74, 6) is -0.416. The van der Waals surface area contributed by atoms with Crippen molar-refractivity contribution in [2.45, 2.75) is 18.0 Å². The summed E-state index contributed by atoms with van der Waals surface area (Å²) in [5.41, 5.74) is 0.370. The van der Waals surface area contributed by atoms with Gasteiger partial charge in [0.15, 0.2) is 5.03 Å². The molecule has 0 spiro atoms. The van der Waals surface area contributed by atoms with Gasteiger partial charge in [-0.25, -0.2) is 13.4 Å². The first-order valence-corrected chi connectivity index (χ1v) is 6.77. The summed E-state index contributed by atoms with van der Waals surface area (Å²) in [6.45, 7) is 1.46. The van der Waals surface area contributed by atoms with Crippen molar-refractivity contribution in [3.8, 4) is 0 Å². The maximum absolute atomic E-state index is 12.0. The van der Waals surface area contributed by atoms with Crippen LogP contribution in [0, 0.1) is 0 Å². The van der Waals surface area contributed by atoms with Crippen LogP contribution in [-0.2, 0) is 14.8 Å². The lowest BCUT2D eigenvalue weighted by atomic mass is 10.3. The molecule has 0 aliphatic heterocycles. The summed E-state index contributed by atoms with van der Waals surface area (Å²) in [5, 5.41) is 4.97. The van der Waals surface area contributed by atoms with Crippen LogP contribution < -0.4 is 15.4 Å². The Hall–Kier alpha value is -1.67. The van der Waals surface area contributed by atoms with E-state index in [1.165, 1.54) is 20.2 Å². The van der Waals surface area contributed by atoms with Crippen LogP contribution in [0.5, 0.6) is 0 Å². The van der Waals surface area contributed by atoms with Gasteiger partial charge in [-0.2, -0.15) is 4.72 Å². The molecule has 1 heterocycles. The van der Waals surface area contributed by atoms with Crippen molar-refractivity contribution in [1.82, 2.24) is 15.0 Å². The first-order chi connectivity index (χ1) is 8.42. The summed E-state index contributed by atoms with van der Waals surface area (Å²) in [6, 6.07) is 2.34. The van der Waals surface area contributed by atoms with Crippen LogP contribution in [0.2, 0.25) is 0 Å². The molecule has 3 N–H and O–H groups in total. The van der Waals surface area contributed by atoms with Crippen LogP contribution in [0.15, 0.2) is 23.4 Å². The Morgan fingerprint density at radius 2 is 2.06 bits per heavy atom. The molecule has 0 aliphatic carbocycles. The molecule has 0 fully saturated rings. The van der Waals surface area contributed by atoms with Crippen LogP contribution in [-0.4, -0.2) is 39.4 Å². The molecule has 0 aromatic carbocycles. The van der Waals surface area contributed by atoms with Gasteiger partial charge >= 0.3 is 0 Å². The largest absolute Gasteiger partial charge is 0.386 e. The number of nitrogens with one attached hydrogen (secondary N) is 3. The highest BCUT2D eigenvalue weighted by Crippen LogP contribution is 2.17. The number of anilines is 1. The number of aromatic nitrogens is 1. The lowest BCUT2D eigenvalue weighted by molar-refractivity contribution is -0.121. The van der Waals surface area contributed by atoms with Gasteiger partial charge in [0.25, 0.3) is 10.0 Å². The third-order valence-electron chi connectivity index (χ3n) is 2.27. The Kier molecular flexibility index (Phi) is 4.62. The fourth-order valence-electron chi connectivity index (χ4n) is 1.35. The zero-order chi connectivity index (χ0) is 13.8. The molecule has 1 aromatic heterocycles. The molecule has 1 unspecified atom stereocenters. The van der Waals surface area contributed by atoms with E-state index in [0.29, 0.717) is 5.69 Å². The Balaban J connectivity index is 3.03. The maximum Gasteiger partial charge on any atom is 0.260 e. The zero-order valence-corrected chi connectivity index (χ0v) is 11.2. The molecule has 1 rings (SSSR count). The Morgan fingerprint density at radius 3 is 2.61 bits per heavy atom. The van der Waals surface area contributed by atoms with E-state index >= 15 is 0 Å². The van der Waals surface area contributed by atoms with Gasteiger partial charge in [-0.05, 0) is 19.1 Å². The van der Waals surface area contributed by atoms with E-state index in [0.717, 1.165) is 0 Å². The van der Waals surface area contributed by atoms with E-state index in [4.69, 9.17) is 0 Å². The topological polar surface area (TPSA) is 100 Å². The molecule has 0 radical (unpaired) electrons. The van der Waals surface area contributed by atoms with Crippen molar-refractivity contribution in [3.05, 3.63) is 18.3 Å². The van der Waals surface area contributed by atoms with Crippen molar-refractivity contribution in [2.24, 2.45) is 0 Å². The van der Waals surface area contributed by atoms with Crippen molar-refractivity contribution < 1.29 is 13.2 Å². The number of rotatable bonds is 5. The van der Waals surface area contributed by atoms with Gasteiger partial charge in [0.2, 0.25) is 5.91 Å². The summed E-state index contributed by atoms with van der Waals surface area (Å²) < 4.78 is 26.4. The number of nitrogens with zero attached hydrogens (tertiary/aromatic N) is 1. The van der Waals surface area contributed by atoms with Crippen molar-refractivity contribution in [2.75, 3.05) is 19.4 Å². The van der Waals surface area contributed by atoms with Crippen LogP contribution in [0.1, 0.15) is 6.92 Å². The summed E-state index contributed by atoms with van der Waals surface area (Å²) in [7, 11) is -0.809. The molecule has 1 amide bonds. The second-order valence-electron chi connectivity index (χ2n) is 3.56. The predicted molar refractivity (Wildman–Crippen MR) is 67.6 cm³/mol. The van der Waals surface area contributed by atoms with Crippen LogP contribution >= 0.6 is 0 Å². The number of hydrogen-bond acceptors (Lipinski definition) is 5. The average molecular weight is 272 g/mol. The quantitative estimate of drug-likeness (QED) is 0.673. The van der Waals surface area contributed by atoms with Gasteiger partial charge in [-0.3, -0.25) is 4.79 Å². The van der Waals surface area contributed by atoms with Crippen LogP contribution in [0.3, 0.4) is 0 Å². The molecular weight excluding hydrogens is 256 g/mol. The standard InChI is InChI=1S/C10H16N4O3S/c1-7(9(15)12-3)14-18(16,17)10-8(11-2)5-4-6-13-10/h4-7,11,14H,1-3H3,(H,12,15). The summed E-state index contributed by atoms with van der Waals surface area (Å²) in [4.78, 5) is 15.1. The van der Waals surface area contributed by atoms with Gasteiger partial charge < -0.3 is 10.6 Å².